The van der Waals surface area contributed by atoms with Gasteiger partial charge < -0.3 is 5.32 Å². The van der Waals surface area contributed by atoms with E-state index < -0.39 is 0 Å². The van der Waals surface area contributed by atoms with E-state index in [0.29, 0.717) is 10.0 Å². The minimum Gasteiger partial charge on any atom is -0.313 e. The zero-order chi connectivity index (χ0) is 14.0. The fourth-order valence-electron chi connectivity index (χ4n) is 2.05. The molecule has 1 heterocycles. The first-order valence-electron chi connectivity index (χ1n) is 6.25. The predicted octanol–water partition coefficient (Wildman–Crippen LogP) is 3.91. The minimum absolute atomic E-state index is 0.542. The summed E-state index contributed by atoms with van der Waals surface area (Å²) in [4.78, 5) is 0. The third-order valence-corrected chi connectivity index (χ3v) is 3.88. The number of nitrogens with one attached hydrogen (secondary N) is 1. The van der Waals surface area contributed by atoms with E-state index in [-0.39, 0.29) is 0 Å². The second kappa shape index (κ2) is 5.95. The van der Waals surface area contributed by atoms with Crippen LogP contribution in [0.4, 0.5) is 0 Å². The van der Waals surface area contributed by atoms with Gasteiger partial charge in [0.25, 0.3) is 0 Å². The summed E-state index contributed by atoms with van der Waals surface area (Å²) < 4.78 is 1.91. The molecule has 0 saturated carbocycles. The molecule has 3 nitrogen and oxygen atoms in total. The maximum Gasteiger partial charge on any atom is 0.0664 e. The molecule has 0 unspecified atom stereocenters. The van der Waals surface area contributed by atoms with Gasteiger partial charge in [-0.2, -0.15) is 5.10 Å². The molecular formula is C14H17Cl2N3. The van der Waals surface area contributed by atoms with Crippen molar-refractivity contribution in [3.8, 4) is 5.69 Å². The number of halogens is 2. The fraction of sp³-hybridized carbons (Fsp3) is 0.357. The number of benzene rings is 1. The molecule has 2 rings (SSSR count). The summed E-state index contributed by atoms with van der Waals surface area (Å²) >= 11 is 12.0. The Morgan fingerprint density at radius 2 is 1.95 bits per heavy atom. The van der Waals surface area contributed by atoms with Gasteiger partial charge in [0.2, 0.25) is 0 Å². The van der Waals surface area contributed by atoms with Gasteiger partial charge in [-0.3, -0.25) is 0 Å². The van der Waals surface area contributed by atoms with Crippen molar-refractivity contribution in [1.82, 2.24) is 15.1 Å². The maximum atomic E-state index is 6.06. The van der Waals surface area contributed by atoms with Crippen LogP contribution in [0, 0.1) is 13.8 Å². The summed E-state index contributed by atoms with van der Waals surface area (Å²) in [5.74, 6) is 0. The predicted molar refractivity (Wildman–Crippen MR) is 80.4 cm³/mol. The van der Waals surface area contributed by atoms with Crippen LogP contribution in [-0.4, -0.2) is 16.3 Å². The first-order valence-corrected chi connectivity index (χ1v) is 7.01. The Balaban J connectivity index is 2.42. The van der Waals surface area contributed by atoms with Crippen LogP contribution in [0.3, 0.4) is 0 Å². The smallest absolute Gasteiger partial charge is 0.0664 e. The lowest BCUT2D eigenvalue weighted by molar-refractivity contribution is 0.719. The Kier molecular flexibility index (Phi) is 4.50. The van der Waals surface area contributed by atoms with Crippen LogP contribution in [-0.2, 0) is 6.54 Å². The molecule has 0 amide bonds. The van der Waals surface area contributed by atoms with Crippen molar-refractivity contribution < 1.29 is 0 Å². The highest BCUT2D eigenvalue weighted by Crippen LogP contribution is 2.26. The lowest BCUT2D eigenvalue weighted by atomic mass is 10.2. The molecule has 0 saturated heterocycles. The monoisotopic (exact) mass is 297 g/mol. The number of hydrogen-bond donors (Lipinski definition) is 1. The summed E-state index contributed by atoms with van der Waals surface area (Å²) in [6.07, 6.45) is 0. The van der Waals surface area contributed by atoms with Crippen LogP contribution in [0.15, 0.2) is 18.2 Å². The third kappa shape index (κ3) is 2.94. The van der Waals surface area contributed by atoms with Gasteiger partial charge in [-0.15, -0.1) is 0 Å². The van der Waals surface area contributed by atoms with Crippen molar-refractivity contribution in [2.45, 2.75) is 27.3 Å². The molecule has 0 atom stereocenters. The standard InChI is InChI=1S/C14H17Cl2N3/c1-4-17-8-12-9(2)18-19(10(12)3)11-5-6-13(15)14(16)7-11/h5-7,17H,4,8H2,1-3H3. The average molecular weight is 298 g/mol. The Labute approximate surface area is 123 Å². The molecule has 0 aliphatic heterocycles. The first-order chi connectivity index (χ1) is 9.04. The van der Waals surface area contributed by atoms with E-state index >= 15 is 0 Å². The maximum absolute atomic E-state index is 6.06. The van der Waals surface area contributed by atoms with Crippen LogP contribution in [0.25, 0.3) is 5.69 Å². The van der Waals surface area contributed by atoms with E-state index in [2.05, 4.69) is 24.3 Å². The van der Waals surface area contributed by atoms with Crippen molar-refractivity contribution in [3.05, 3.63) is 45.2 Å². The van der Waals surface area contributed by atoms with Gasteiger partial charge in [0.05, 0.1) is 21.4 Å². The lowest BCUT2D eigenvalue weighted by Crippen LogP contribution is -2.13. The molecule has 102 valence electrons. The van der Waals surface area contributed by atoms with Gasteiger partial charge in [0.1, 0.15) is 0 Å². The van der Waals surface area contributed by atoms with E-state index in [1.54, 1.807) is 6.07 Å². The molecule has 0 aliphatic rings. The average Bonchev–Trinajstić information content (AvgIpc) is 2.66. The highest BCUT2D eigenvalue weighted by molar-refractivity contribution is 6.42. The molecule has 1 aromatic carbocycles. The normalized spacial score (nSPS) is 11.0. The molecule has 2 aromatic rings. The molecule has 0 spiro atoms. The minimum atomic E-state index is 0.542. The highest BCUT2D eigenvalue weighted by atomic mass is 35.5. The number of hydrogen-bond acceptors (Lipinski definition) is 2. The fourth-order valence-corrected chi connectivity index (χ4v) is 2.34. The van der Waals surface area contributed by atoms with E-state index in [0.717, 1.165) is 30.2 Å². The largest absolute Gasteiger partial charge is 0.313 e. The van der Waals surface area contributed by atoms with E-state index in [4.69, 9.17) is 23.2 Å². The molecule has 19 heavy (non-hydrogen) atoms. The third-order valence-electron chi connectivity index (χ3n) is 3.14. The number of nitrogens with zero attached hydrogens (tertiary/aromatic N) is 2. The second-order valence-corrected chi connectivity index (χ2v) is 5.25. The molecule has 0 fully saturated rings. The summed E-state index contributed by atoms with van der Waals surface area (Å²) in [6.45, 7) is 7.95. The SMILES string of the molecule is CCNCc1c(C)nn(-c2ccc(Cl)c(Cl)c2)c1C. The number of aryl methyl sites for hydroxylation is 1. The Bertz CT molecular complexity index is 591. The topological polar surface area (TPSA) is 29.9 Å². The zero-order valence-corrected chi connectivity index (χ0v) is 12.8. The highest BCUT2D eigenvalue weighted by Gasteiger charge is 2.12. The lowest BCUT2D eigenvalue weighted by Gasteiger charge is -2.07. The summed E-state index contributed by atoms with van der Waals surface area (Å²) in [6, 6.07) is 5.55. The van der Waals surface area contributed by atoms with Crippen LogP contribution in [0.1, 0.15) is 23.9 Å². The van der Waals surface area contributed by atoms with E-state index in [1.807, 2.05) is 23.7 Å². The Morgan fingerprint density at radius 3 is 2.58 bits per heavy atom. The molecular weight excluding hydrogens is 281 g/mol. The summed E-state index contributed by atoms with van der Waals surface area (Å²) in [5.41, 5.74) is 4.31. The molecule has 0 bridgehead atoms. The van der Waals surface area contributed by atoms with Crippen molar-refractivity contribution >= 4 is 23.2 Å². The molecule has 0 aliphatic carbocycles. The van der Waals surface area contributed by atoms with Crippen molar-refractivity contribution in [2.24, 2.45) is 0 Å². The van der Waals surface area contributed by atoms with Crippen LogP contribution < -0.4 is 5.32 Å². The quantitative estimate of drug-likeness (QED) is 0.927. The van der Waals surface area contributed by atoms with Crippen molar-refractivity contribution in [1.29, 1.82) is 0 Å². The van der Waals surface area contributed by atoms with Gasteiger partial charge in [0, 0.05) is 17.8 Å². The summed E-state index contributed by atoms with van der Waals surface area (Å²) in [5, 5.41) is 9.01. The number of aromatic nitrogens is 2. The van der Waals surface area contributed by atoms with Crippen LogP contribution in [0.5, 0.6) is 0 Å². The zero-order valence-electron chi connectivity index (χ0n) is 11.3. The van der Waals surface area contributed by atoms with Gasteiger partial charge in [-0.05, 0) is 38.6 Å². The van der Waals surface area contributed by atoms with E-state index in [9.17, 15) is 0 Å². The Morgan fingerprint density at radius 1 is 1.21 bits per heavy atom. The second-order valence-electron chi connectivity index (χ2n) is 4.44. The summed E-state index contributed by atoms with van der Waals surface area (Å²) in [7, 11) is 0. The van der Waals surface area contributed by atoms with Crippen molar-refractivity contribution in [2.75, 3.05) is 6.54 Å². The number of rotatable bonds is 4. The van der Waals surface area contributed by atoms with Crippen LogP contribution in [0.2, 0.25) is 10.0 Å². The molecule has 1 N–H and O–H groups in total. The van der Waals surface area contributed by atoms with Crippen LogP contribution >= 0.6 is 23.2 Å². The van der Waals surface area contributed by atoms with Gasteiger partial charge in [-0.1, -0.05) is 30.1 Å². The van der Waals surface area contributed by atoms with Gasteiger partial charge >= 0.3 is 0 Å². The van der Waals surface area contributed by atoms with Crippen molar-refractivity contribution in [3.63, 3.8) is 0 Å². The Hall–Kier alpha value is -1.03. The van der Waals surface area contributed by atoms with Gasteiger partial charge in [-0.25, -0.2) is 4.68 Å². The molecule has 5 heteroatoms. The first kappa shape index (κ1) is 14.4. The van der Waals surface area contributed by atoms with Gasteiger partial charge in [0.15, 0.2) is 0 Å². The van der Waals surface area contributed by atoms with E-state index in [1.165, 1.54) is 5.56 Å². The molecule has 1 aromatic heterocycles. The molecule has 0 radical (unpaired) electrons.